The third-order valence-corrected chi connectivity index (χ3v) is 2.67. The number of carbonyl (C=O) groups excluding carboxylic acids is 1. The summed E-state index contributed by atoms with van der Waals surface area (Å²) in [6, 6.07) is 5.23. The van der Waals surface area contributed by atoms with E-state index in [1.54, 1.807) is 44.2 Å². The molecule has 1 amide bonds. The lowest BCUT2D eigenvalue weighted by Gasteiger charge is -2.16. The summed E-state index contributed by atoms with van der Waals surface area (Å²) in [4.78, 5) is 25.4. The summed E-state index contributed by atoms with van der Waals surface area (Å²) in [6.45, 7) is 1.80. The molecule has 2 aromatic rings. The first-order valence-corrected chi connectivity index (χ1v) is 5.58. The normalized spacial score (nSPS) is 12.9. The molecule has 0 saturated heterocycles. The van der Waals surface area contributed by atoms with Crippen molar-refractivity contribution in [3.05, 3.63) is 34.3 Å². The molecule has 1 atom stereocenters. The van der Waals surface area contributed by atoms with Gasteiger partial charge in [0.15, 0.2) is 5.58 Å². The van der Waals surface area contributed by atoms with E-state index >= 15 is 0 Å². The Morgan fingerprint density at radius 1 is 1.44 bits per heavy atom. The summed E-state index contributed by atoms with van der Waals surface area (Å²) < 4.78 is 4.97. The van der Waals surface area contributed by atoms with Crippen LogP contribution in [0, 0.1) is 0 Å². The smallest absolute Gasteiger partial charge is 0.408 e. The number of oxazole rings is 1. The molecule has 0 spiro atoms. The quantitative estimate of drug-likeness (QED) is 0.789. The summed E-state index contributed by atoms with van der Waals surface area (Å²) in [5.74, 6) is -0.929. The lowest BCUT2D eigenvalue weighted by molar-refractivity contribution is -0.125. The van der Waals surface area contributed by atoms with Gasteiger partial charge in [-0.1, -0.05) is 6.07 Å². The lowest BCUT2D eigenvalue weighted by Crippen LogP contribution is -2.38. The van der Waals surface area contributed by atoms with Crippen LogP contribution in [0.3, 0.4) is 0 Å². The van der Waals surface area contributed by atoms with Crippen molar-refractivity contribution >= 4 is 17.0 Å². The van der Waals surface area contributed by atoms with Crippen LogP contribution < -0.4 is 11.2 Å². The fraction of sp³-hybridized carbons (Fsp3) is 0.333. The number of nitrogens with one attached hydrogen (secondary N) is 2. The molecule has 1 aromatic heterocycles. The van der Waals surface area contributed by atoms with Crippen molar-refractivity contribution in [2.24, 2.45) is 0 Å². The van der Waals surface area contributed by atoms with Crippen molar-refractivity contribution in [1.29, 1.82) is 0 Å². The van der Waals surface area contributed by atoms with E-state index in [1.807, 2.05) is 0 Å². The van der Waals surface area contributed by atoms with Gasteiger partial charge in [0.2, 0.25) is 5.91 Å². The molecule has 0 saturated carbocycles. The fourth-order valence-electron chi connectivity index (χ4n) is 1.70. The Labute approximate surface area is 104 Å². The maximum atomic E-state index is 11.8. The van der Waals surface area contributed by atoms with E-state index < -0.39 is 5.76 Å². The minimum atomic E-state index is -0.493. The number of hydrazine groups is 1. The Bertz CT molecular complexity index is 627. The molecule has 1 unspecified atom stereocenters. The number of H-pyrrole nitrogens is 1. The number of rotatable bonds is 3. The predicted molar refractivity (Wildman–Crippen MR) is 67.1 cm³/mol. The van der Waals surface area contributed by atoms with E-state index in [1.165, 1.54) is 0 Å². The molecule has 2 N–H and O–H groups in total. The van der Waals surface area contributed by atoms with Crippen LogP contribution in [0.15, 0.2) is 27.4 Å². The fourth-order valence-corrected chi connectivity index (χ4v) is 1.70. The minimum absolute atomic E-state index is 0.114. The molecule has 0 aliphatic rings. The molecule has 2 rings (SSSR count). The van der Waals surface area contributed by atoms with Gasteiger partial charge in [-0.05, 0) is 24.6 Å². The molecule has 0 radical (unpaired) electrons. The maximum Gasteiger partial charge on any atom is 0.417 e. The van der Waals surface area contributed by atoms with Gasteiger partial charge >= 0.3 is 5.76 Å². The molecule has 96 valence electrons. The SMILES string of the molecule is CC(C(=O)NN(C)C)c1ccc2[nH]c(=O)oc2c1. The van der Waals surface area contributed by atoms with E-state index in [9.17, 15) is 9.59 Å². The molecular weight excluding hydrogens is 234 g/mol. The van der Waals surface area contributed by atoms with E-state index in [-0.39, 0.29) is 11.8 Å². The summed E-state index contributed by atoms with van der Waals surface area (Å²) >= 11 is 0. The summed E-state index contributed by atoms with van der Waals surface area (Å²) in [5.41, 5.74) is 4.57. The van der Waals surface area contributed by atoms with Crippen molar-refractivity contribution in [1.82, 2.24) is 15.4 Å². The highest BCUT2D eigenvalue weighted by molar-refractivity contribution is 5.84. The van der Waals surface area contributed by atoms with E-state index in [0.29, 0.717) is 11.1 Å². The number of nitrogens with zero attached hydrogens (tertiary/aromatic N) is 1. The van der Waals surface area contributed by atoms with Crippen molar-refractivity contribution < 1.29 is 9.21 Å². The summed E-state index contributed by atoms with van der Waals surface area (Å²) in [5, 5.41) is 1.59. The van der Waals surface area contributed by atoms with Gasteiger partial charge in [0.25, 0.3) is 0 Å². The number of amides is 1. The number of aromatic nitrogens is 1. The average molecular weight is 249 g/mol. The van der Waals surface area contributed by atoms with Gasteiger partial charge in [-0.2, -0.15) is 0 Å². The van der Waals surface area contributed by atoms with Crippen LogP contribution in [0.2, 0.25) is 0 Å². The standard InChI is InChI=1S/C12H15N3O3/c1-7(11(16)14-15(2)3)8-4-5-9-10(6-8)18-12(17)13-9/h4-7H,1-3H3,(H,13,17)(H,14,16). The van der Waals surface area contributed by atoms with Crippen molar-refractivity contribution in [2.75, 3.05) is 14.1 Å². The zero-order valence-corrected chi connectivity index (χ0v) is 10.5. The van der Waals surface area contributed by atoms with Crippen LogP contribution in [0.25, 0.3) is 11.1 Å². The van der Waals surface area contributed by atoms with Crippen LogP contribution >= 0.6 is 0 Å². The molecule has 1 aromatic carbocycles. The Hall–Kier alpha value is -2.08. The zero-order chi connectivity index (χ0) is 13.3. The summed E-state index contributed by atoms with van der Waals surface area (Å²) in [7, 11) is 3.50. The molecule has 6 heteroatoms. The van der Waals surface area contributed by atoms with Crippen LogP contribution in [0.4, 0.5) is 0 Å². The second-order valence-electron chi connectivity index (χ2n) is 4.36. The van der Waals surface area contributed by atoms with Crippen molar-refractivity contribution in [3.63, 3.8) is 0 Å². The highest BCUT2D eigenvalue weighted by Crippen LogP contribution is 2.20. The largest absolute Gasteiger partial charge is 0.417 e. The van der Waals surface area contributed by atoms with Crippen LogP contribution in [0.5, 0.6) is 0 Å². The number of hydrogen-bond donors (Lipinski definition) is 2. The number of carbonyl (C=O) groups is 1. The molecule has 0 bridgehead atoms. The molecule has 0 aliphatic heterocycles. The molecule has 18 heavy (non-hydrogen) atoms. The van der Waals surface area contributed by atoms with Gasteiger partial charge in [0.05, 0.1) is 11.4 Å². The molecular formula is C12H15N3O3. The van der Waals surface area contributed by atoms with Crippen LogP contribution in [-0.2, 0) is 4.79 Å². The Morgan fingerprint density at radius 2 is 2.17 bits per heavy atom. The second kappa shape index (κ2) is 4.66. The third-order valence-electron chi connectivity index (χ3n) is 2.67. The molecule has 1 heterocycles. The maximum absolute atomic E-state index is 11.8. The Kier molecular flexibility index (Phi) is 3.20. The highest BCUT2D eigenvalue weighted by Gasteiger charge is 2.16. The van der Waals surface area contributed by atoms with E-state index in [0.717, 1.165) is 5.56 Å². The van der Waals surface area contributed by atoms with Crippen molar-refractivity contribution in [2.45, 2.75) is 12.8 Å². The van der Waals surface area contributed by atoms with Crippen LogP contribution in [0.1, 0.15) is 18.4 Å². The van der Waals surface area contributed by atoms with E-state index in [4.69, 9.17) is 4.42 Å². The Morgan fingerprint density at radius 3 is 2.83 bits per heavy atom. The molecule has 0 fully saturated rings. The van der Waals surface area contributed by atoms with E-state index in [2.05, 4.69) is 10.4 Å². The lowest BCUT2D eigenvalue weighted by atomic mass is 10.0. The first-order valence-electron chi connectivity index (χ1n) is 5.58. The number of benzene rings is 1. The Balaban J connectivity index is 2.30. The third kappa shape index (κ3) is 2.43. The van der Waals surface area contributed by atoms with Gasteiger partial charge < -0.3 is 4.42 Å². The minimum Gasteiger partial charge on any atom is -0.408 e. The predicted octanol–water partition coefficient (Wildman–Crippen LogP) is 0.817. The number of fused-ring (bicyclic) bond motifs is 1. The van der Waals surface area contributed by atoms with Crippen LogP contribution in [-0.4, -0.2) is 30.0 Å². The second-order valence-corrected chi connectivity index (χ2v) is 4.36. The highest BCUT2D eigenvalue weighted by atomic mass is 16.4. The summed E-state index contributed by atoms with van der Waals surface area (Å²) in [6.07, 6.45) is 0. The zero-order valence-electron chi connectivity index (χ0n) is 10.5. The first kappa shape index (κ1) is 12.4. The average Bonchev–Trinajstić information content (AvgIpc) is 2.65. The van der Waals surface area contributed by atoms with Gasteiger partial charge in [0, 0.05) is 14.1 Å². The molecule has 0 aliphatic carbocycles. The van der Waals surface area contributed by atoms with Gasteiger partial charge in [-0.15, -0.1) is 0 Å². The van der Waals surface area contributed by atoms with Gasteiger partial charge in [-0.25, -0.2) is 9.80 Å². The number of hydrogen-bond acceptors (Lipinski definition) is 4. The van der Waals surface area contributed by atoms with Gasteiger partial charge in [0.1, 0.15) is 0 Å². The van der Waals surface area contributed by atoms with Crippen molar-refractivity contribution in [3.8, 4) is 0 Å². The molecule has 6 nitrogen and oxygen atoms in total. The van der Waals surface area contributed by atoms with Gasteiger partial charge in [-0.3, -0.25) is 15.2 Å². The first-order chi connectivity index (χ1) is 8.47. The topological polar surface area (TPSA) is 78.3 Å². The monoisotopic (exact) mass is 249 g/mol. The number of aromatic amines is 1.